The van der Waals surface area contributed by atoms with Crippen LogP contribution in [-0.4, -0.2) is 22.2 Å². The Hall–Kier alpha value is -2.53. The molecule has 0 aliphatic rings. The van der Waals surface area contributed by atoms with Gasteiger partial charge >= 0.3 is 11.9 Å². The van der Waals surface area contributed by atoms with Crippen molar-refractivity contribution in [3.05, 3.63) is 51.4 Å². The average molecular weight is 208 g/mol. The minimum atomic E-state index is -1.06. The molecule has 0 bridgehead atoms. The molecule has 7 heteroatoms. The number of aromatic carboxylic acids is 2. The zero-order chi connectivity index (χ0) is 11.8. The largest absolute Gasteiger partial charge is 0.478 e. The van der Waals surface area contributed by atoms with Crippen LogP contribution in [0, 0.1) is 0 Å². The SMILES string of the molecule is O=C(O)c1ccc(C(=O)O)cc1.[N-]=[N+]=[N-]. The predicted molar refractivity (Wildman–Crippen MR) is 50.4 cm³/mol. The zero-order valence-corrected chi connectivity index (χ0v) is 7.36. The molecule has 0 fully saturated rings. The van der Waals surface area contributed by atoms with Gasteiger partial charge in [0.25, 0.3) is 0 Å². The highest BCUT2D eigenvalue weighted by molar-refractivity contribution is 5.91. The number of hydrogen-bond donors (Lipinski definition) is 2. The third kappa shape index (κ3) is 4.30. The summed E-state index contributed by atoms with van der Waals surface area (Å²) in [5.74, 6) is -2.13. The molecule has 0 saturated heterocycles. The number of benzene rings is 1. The maximum Gasteiger partial charge on any atom is 0.335 e. The van der Waals surface area contributed by atoms with E-state index in [4.69, 9.17) is 21.3 Å². The van der Waals surface area contributed by atoms with E-state index >= 15 is 0 Å². The summed E-state index contributed by atoms with van der Waals surface area (Å²) in [4.78, 5) is 22.2. The van der Waals surface area contributed by atoms with Gasteiger partial charge in [0.15, 0.2) is 0 Å². The van der Waals surface area contributed by atoms with E-state index in [-0.39, 0.29) is 11.1 Å². The highest BCUT2D eigenvalue weighted by atomic mass is 16.4. The van der Waals surface area contributed by atoms with Crippen LogP contribution in [0.4, 0.5) is 0 Å². The molecule has 0 heterocycles. The summed E-state index contributed by atoms with van der Waals surface area (Å²) in [5, 5.41) is 16.9. The van der Waals surface area contributed by atoms with Crippen LogP contribution in [0.15, 0.2) is 24.3 Å². The van der Waals surface area contributed by atoms with E-state index in [1.165, 1.54) is 29.2 Å². The Bertz CT molecular complexity index is 360. The third-order valence-electron chi connectivity index (χ3n) is 1.38. The second-order valence-electron chi connectivity index (χ2n) is 2.28. The van der Waals surface area contributed by atoms with Gasteiger partial charge in [-0.15, -0.1) is 0 Å². The minimum Gasteiger partial charge on any atom is -0.478 e. The molecule has 0 unspecified atom stereocenters. The first kappa shape index (κ1) is 12.5. The maximum absolute atomic E-state index is 10.3. The molecule has 1 aromatic rings. The van der Waals surface area contributed by atoms with Crippen molar-refractivity contribution in [1.82, 2.24) is 0 Å². The molecule has 0 radical (unpaired) electrons. The summed E-state index contributed by atoms with van der Waals surface area (Å²) < 4.78 is 0. The van der Waals surface area contributed by atoms with Crippen molar-refractivity contribution in [2.75, 3.05) is 0 Å². The Morgan fingerprint density at radius 1 is 0.933 bits per heavy atom. The number of hydrogen-bond acceptors (Lipinski definition) is 2. The Balaban J connectivity index is 0.000000583. The van der Waals surface area contributed by atoms with Gasteiger partial charge in [-0.3, -0.25) is 4.91 Å². The fraction of sp³-hybridized carbons (Fsp3) is 0. The Kier molecular flexibility index (Phi) is 4.99. The van der Waals surface area contributed by atoms with Gasteiger partial charge in [0.2, 0.25) is 0 Å². The molecule has 0 aliphatic carbocycles. The van der Waals surface area contributed by atoms with Crippen molar-refractivity contribution in [3.63, 3.8) is 0 Å². The van der Waals surface area contributed by atoms with Gasteiger partial charge in [-0.05, 0) is 24.3 Å². The number of carboxylic acids is 2. The van der Waals surface area contributed by atoms with Crippen LogP contribution in [0.3, 0.4) is 0 Å². The van der Waals surface area contributed by atoms with E-state index in [1.54, 1.807) is 0 Å². The molecule has 15 heavy (non-hydrogen) atoms. The Labute approximate surface area is 84.0 Å². The molecule has 1 rings (SSSR count). The monoisotopic (exact) mass is 208 g/mol. The molecular formula is C8H6N3O4-. The first-order chi connectivity index (χ1) is 7.02. The van der Waals surface area contributed by atoms with Gasteiger partial charge in [0.05, 0.1) is 11.1 Å². The summed E-state index contributed by atoms with van der Waals surface area (Å²) in [6, 6.07) is 5.02. The lowest BCUT2D eigenvalue weighted by Crippen LogP contribution is -1.99. The first-order valence-corrected chi connectivity index (χ1v) is 3.58. The van der Waals surface area contributed by atoms with Gasteiger partial charge in [-0.1, -0.05) is 0 Å². The van der Waals surface area contributed by atoms with Crippen molar-refractivity contribution in [3.8, 4) is 0 Å². The normalized spacial score (nSPS) is 8.00. The summed E-state index contributed by atoms with van der Waals surface area (Å²) in [5.41, 5.74) is 13.7. The van der Waals surface area contributed by atoms with E-state index in [2.05, 4.69) is 0 Å². The van der Waals surface area contributed by atoms with Crippen LogP contribution in [0.25, 0.3) is 16.0 Å². The van der Waals surface area contributed by atoms with Crippen molar-refractivity contribution in [1.29, 1.82) is 0 Å². The maximum atomic E-state index is 10.3. The summed E-state index contributed by atoms with van der Waals surface area (Å²) in [7, 11) is 0. The molecular weight excluding hydrogens is 202 g/mol. The Morgan fingerprint density at radius 3 is 1.27 bits per heavy atom. The lowest BCUT2D eigenvalue weighted by Gasteiger charge is -1.94. The topological polar surface area (TPSA) is 133 Å². The molecule has 0 spiro atoms. The van der Waals surface area contributed by atoms with Crippen LogP contribution in [-0.2, 0) is 0 Å². The quantitative estimate of drug-likeness (QED) is 0.436. The van der Waals surface area contributed by atoms with Crippen LogP contribution >= 0.6 is 0 Å². The second kappa shape index (κ2) is 6.01. The lowest BCUT2D eigenvalue weighted by atomic mass is 10.1. The van der Waals surface area contributed by atoms with Gasteiger partial charge in [0, 0.05) is 0 Å². The van der Waals surface area contributed by atoms with E-state index in [9.17, 15) is 9.59 Å². The fourth-order valence-electron chi connectivity index (χ4n) is 0.755. The molecule has 0 atom stereocenters. The molecule has 7 nitrogen and oxygen atoms in total. The number of carboxylic acid groups (broad SMARTS) is 2. The summed E-state index contributed by atoms with van der Waals surface area (Å²) >= 11 is 0. The number of nitrogens with zero attached hydrogens (tertiary/aromatic N) is 3. The van der Waals surface area contributed by atoms with Crippen molar-refractivity contribution >= 4 is 11.9 Å². The van der Waals surface area contributed by atoms with Crippen LogP contribution < -0.4 is 0 Å². The van der Waals surface area contributed by atoms with Gasteiger partial charge in [-0.2, -0.15) is 0 Å². The van der Waals surface area contributed by atoms with Crippen LogP contribution in [0.1, 0.15) is 20.7 Å². The Morgan fingerprint density at radius 2 is 1.13 bits per heavy atom. The van der Waals surface area contributed by atoms with E-state index < -0.39 is 11.9 Å². The lowest BCUT2D eigenvalue weighted by molar-refractivity contribution is 0.0681. The van der Waals surface area contributed by atoms with Crippen LogP contribution in [0.5, 0.6) is 0 Å². The van der Waals surface area contributed by atoms with Crippen molar-refractivity contribution < 1.29 is 19.8 Å². The molecule has 0 amide bonds. The van der Waals surface area contributed by atoms with Crippen molar-refractivity contribution in [2.24, 2.45) is 0 Å². The number of carbonyl (C=O) groups is 2. The second-order valence-corrected chi connectivity index (χ2v) is 2.28. The van der Waals surface area contributed by atoms with Gasteiger partial charge in [0.1, 0.15) is 0 Å². The van der Waals surface area contributed by atoms with Gasteiger partial charge < -0.3 is 21.3 Å². The minimum absolute atomic E-state index is 0.0833. The molecule has 0 aliphatic heterocycles. The average Bonchev–Trinajstić information content (AvgIpc) is 2.19. The number of rotatable bonds is 2. The summed E-state index contributed by atoms with van der Waals surface area (Å²) in [6.07, 6.45) is 0. The molecule has 1 aromatic carbocycles. The first-order valence-electron chi connectivity index (χ1n) is 3.58. The third-order valence-corrected chi connectivity index (χ3v) is 1.38. The fourth-order valence-corrected chi connectivity index (χ4v) is 0.755. The zero-order valence-electron chi connectivity index (χ0n) is 7.36. The standard InChI is InChI=1S/C8H6O4.N3/c9-7(10)5-1-2-6(4-3-5)8(11)12;1-3-2/h1-4H,(H,9,10)(H,11,12);/q;-1. The van der Waals surface area contributed by atoms with Crippen LogP contribution in [0.2, 0.25) is 0 Å². The van der Waals surface area contributed by atoms with Gasteiger partial charge in [-0.25, -0.2) is 9.59 Å². The smallest absolute Gasteiger partial charge is 0.335 e. The van der Waals surface area contributed by atoms with E-state index in [0.29, 0.717) is 0 Å². The molecule has 78 valence electrons. The highest BCUT2D eigenvalue weighted by Gasteiger charge is 2.04. The van der Waals surface area contributed by atoms with E-state index in [0.717, 1.165) is 0 Å². The predicted octanol–water partition coefficient (Wildman–Crippen LogP) is 1.95. The molecule has 0 aromatic heterocycles. The molecule has 2 N–H and O–H groups in total. The highest BCUT2D eigenvalue weighted by Crippen LogP contribution is 2.03. The van der Waals surface area contributed by atoms with E-state index in [1.807, 2.05) is 0 Å². The summed E-state index contributed by atoms with van der Waals surface area (Å²) in [6.45, 7) is 0. The van der Waals surface area contributed by atoms with Crippen molar-refractivity contribution in [2.45, 2.75) is 0 Å². The molecule has 0 saturated carbocycles.